The molecule has 0 saturated carbocycles. The number of hydrogen-bond donors (Lipinski definition) is 1. The normalized spacial score (nSPS) is 10.4. The van der Waals surface area contributed by atoms with E-state index < -0.39 is 0 Å². The maximum atomic E-state index is 12.1. The Kier molecular flexibility index (Phi) is 6.68. The minimum atomic E-state index is -0.104. The fourth-order valence-electron chi connectivity index (χ4n) is 2.50. The molecule has 7 nitrogen and oxygen atoms in total. The van der Waals surface area contributed by atoms with Crippen molar-refractivity contribution in [3.63, 3.8) is 0 Å². The first-order valence-electron chi connectivity index (χ1n) is 8.33. The highest BCUT2D eigenvalue weighted by atomic mass is 16.5. The van der Waals surface area contributed by atoms with Crippen molar-refractivity contribution in [2.45, 2.75) is 26.8 Å². The van der Waals surface area contributed by atoms with E-state index in [1.165, 1.54) is 0 Å². The van der Waals surface area contributed by atoms with Crippen LogP contribution in [0.4, 0.5) is 4.79 Å². The van der Waals surface area contributed by atoms with Crippen LogP contribution in [0.3, 0.4) is 0 Å². The molecule has 1 aromatic carbocycles. The van der Waals surface area contributed by atoms with Crippen molar-refractivity contribution < 1.29 is 18.8 Å². The lowest BCUT2D eigenvalue weighted by molar-refractivity contribution is 0.194. The molecule has 2 aromatic rings. The number of aromatic nitrogens is 1. The quantitative estimate of drug-likeness (QED) is 0.793. The van der Waals surface area contributed by atoms with E-state index in [1.807, 2.05) is 38.1 Å². The third-order valence-electron chi connectivity index (χ3n) is 3.69. The first-order valence-corrected chi connectivity index (χ1v) is 8.33. The van der Waals surface area contributed by atoms with Gasteiger partial charge in [0.25, 0.3) is 0 Å². The van der Waals surface area contributed by atoms with Gasteiger partial charge in [-0.15, -0.1) is 0 Å². The Balaban J connectivity index is 2.23. The smallest absolute Gasteiger partial charge is 0.317 e. The van der Waals surface area contributed by atoms with Gasteiger partial charge in [0.2, 0.25) is 0 Å². The second-order valence-corrected chi connectivity index (χ2v) is 5.51. The summed E-state index contributed by atoms with van der Waals surface area (Å²) in [7, 11) is 3.20. The molecule has 1 heterocycles. The third kappa shape index (κ3) is 4.65. The SMILES string of the molecule is CCCN(Cc1cc(-c2cc(OC)ccc2OC)on1)C(=O)NCC. The van der Waals surface area contributed by atoms with Gasteiger partial charge < -0.3 is 24.2 Å². The van der Waals surface area contributed by atoms with Crippen LogP contribution in [0, 0.1) is 0 Å². The predicted molar refractivity (Wildman–Crippen MR) is 94.8 cm³/mol. The maximum absolute atomic E-state index is 12.1. The lowest BCUT2D eigenvalue weighted by atomic mass is 10.1. The lowest BCUT2D eigenvalue weighted by Crippen LogP contribution is -2.39. The highest BCUT2D eigenvalue weighted by molar-refractivity contribution is 5.74. The van der Waals surface area contributed by atoms with E-state index in [4.69, 9.17) is 14.0 Å². The molecule has 0 aliphatic rings. The first-order chi connectivity index (χ1) is 12.1. The monoisotopic (exact) mass is 347 g/mol. The molecule has 2 rings (SSSR count). The van der Waals surface area contributed by atoms with E-state index in [0.29, 0.717) is 42.6 Å². The molecule has 25 heavy (non-hydrogen) atoms. The summed E-state index contributed by atoms with van der Waals surface area (Å²) in [6, 6.07) is 7.18. The van der Waals surface area contributed by atoms with Crippen LogP contribution in [0.1, 0.15) is 26.0 Å². The number of ether oxygens (including phenoxy) is 2. The number of carbonyl (C=O) groups is 1. The van der Waals surface area contributed by atoms with Crippen LogP contribution in [-0.4, -0.2) is 43.4 Å². The summed E-state index contributed by atoms with van der Waals surface area (Å²) in [5, 5.41) is 6.91. The maximum Gasteiger partial charge on any atom is 0.317 e. The first kappa shape index (κ1) is 18.6. The minimum Gasteiger partial charge on any atom is -0.497 e. The van der Waals surface area contributed by atoms with Crippen LogP contribution in [-0.2, 0) is 6.54 Å². The third-order valence-corrected chi connectivity index (χ3v) is 3.69. The topological polar surface area (TPSA) is 76.8 Å². The second-order valence-electron chi connectivity index (χ2n) is 5.51. The Morgan fingerprint density at radius 2 is 2.04 bits per heavy atom. The molecule has 1 N–H and O–H groups in total. The standard InChI is InChI=1S/C18H25N3O4/c1-5-9-21(18(22)19-6-2)12-13-10-17(25-20-13)15-11-14(23-3)7-8-16(15)24-4/h7-8,10-11H,5-6,9,12H2,1-4H3,(H,19,22). The highest BCUT2D eigenvalue weighted by Gasteiger charge is 2.17. The Hall–Kier alpha value is -2.70. The summed E-state index contributed by atoms with van der Waals surface area (Å²) in [5.41, 5.74) is 1.43. The second kappa shape index (κ2) is 8.96. The Bertz CT molecular complexity index is 699. The zero-order valence-electron chi connectivity index (χ0n) is 15.2. The number of methoxy groups -OCH3 is 2. The Morgan fingerprint density at radius 3 is 2.68 bits per heavy atom. The molecule has 0 aliphatic carbocycles. The Morgan fingerprint density at radius 1 is 1.24 bits per heavy atom. The van der Waals surface area contributed by atoms with Gasteiger partial charge in [-0.1, -0.05) is 12.1 Å². The van der Waals surface area contributed by atoms with E-state index in [2.05, 4.69) is 10.5 Å². The van der Waals surface area contributed by atoms with E-state index >= 15 is 0 Å². The van der Waals surface area contributed by atoms with Crippen LogP contribution < -0.4 is 14.8 Å². The van der Waals surface area contributed by atoms with Gasteiger partial charge in [-0.25, -0.2) is 4.79 Å². The molecule has 2 amide bonds. The van der Waals surface area contributed by atoms with Gasteiger partial charge in [-0.2, -0.15) is 0 Å². The summed E-state index contributed by atoms with van der Waals surface area (Å²) in [5.74, 6) is 1.93. The summed E-state index contributed by atoms with van der Waals surface area (Å²) in [6.45, 7) is 5.54. The molecule has 136 valence electrons. The van der Waals surface area contributed by atoms with Gasteiger partial charge in [-0.05, 0) is 31.5 Å². The molecular formula is C18H25N3O4. The van der Waals surface area contributed by atoms with Gasteiger partial charge in [0.15, 0.2) is 5.76 Å². The summed E-state index contributed by atoms with van der Waals surface area (Å²) in [4.78, 5) is 13.8. The number of rotatable bonds is 8. The molecule has 1 aromatic heterocycles. The molecule has 0 spiro atoms. The number of nitrogens with one attached hydrogen (secondary N) is 1. The van der Waals surface area contributed by atoms with Crippen LogP contribution in [0.15, 0.2) is 28.8 Å². The van der Waals surface area contributed by atoms with E-state index in [-0.39, 0.29) is 6.03 Å². The molecular weight excluding hydrogens is 322 g/mol. The summed E-state index contributed by atoms with van der Waals surface area (Å²) < 4.78 is 16.1. The molecule has 0 fully saturated rings. The van der Waals surface area contributed by atoms with Crippen molar-refractivity contribution in [3.05, 3.63) is 30.0 Å². The molecule has 0 atom stereocenters. The van der Waals surface area contributed by atoms with Gasteiger partial charge >= 0.3 is 6.03 Å². The van der Waals surface area contributed by atoms with Crippen molar-refractivity contribution in [1.29, 1.82) is 0 Å². The predicted octanol–water partition coefficient (Wildman–Crippen LogP) is 3.30. The highest BCUT2D eigenvalue weighted by Crippen LogP contribution is 2.33. The van der Waals surface area contributed by atoms with Crippen molar-refractivity contribution >= 4 is 6.03 Å². The largest absolute Gasteiger partial charge is 0.497 e. The number of amides is 2. The van der Waals surface area contributed by atoms with Crippen molar-refractivity contribution in [1.82, 2.24) is 15.4 Å². The average Bonchev–Trinajstić information content (AvgIpc) is 3.09. The Labute approximate surface area is 147 Å². The fraction of sp³-hybridized carbons (Fsp3) is 0.444. The van der Waals surface area contributed by atoms with Gasteiger partial charge in [0.05, 0.1) is 26.3 Å². The fourth-order valence-corrected chi connectivity index (χ4v) is 2.50. The number of nitrogens with zero attached hydrogens (tertiary/aromatic N) is 2. The molecule has 7 heteroatoms. The molecule has 0 radical (unpaired) electrons. The van der Waals surface area contributed by atoms with Crippen molar-refractivity contribution in [2.75, 3.05) is 27.3 Å². The summed E-state index contributed by atoms with van der Waals surface area (Å²) >= 11 is 0. The molecule has 0 unspecified atom stereocenters. The van der Waals surface area contributed by atoms with Crippen molar-refractivity contribution in [2.24, 2.45) is 0 Å². The van der Waals surface area contributed by atoms with Crippen LogP contribution in [0.2, 0.25) is 0 Å². The van der Waals surface area contributed by atoms with Gasteiger partial charge in [0, 0.05) is 19.2 Å². The number of benzene rings is 1. The van der Waals surface area contributed by atoms with Crippen LogP contribution >= 0.6 is 0 Å². The zero-order chi connectivity index (χ0) is 18.2. The number of urea groups is 1. The van der Waals surface area contributed by atoms with Gasteiger partial charge in [0.1, 0.15) is 17.2 Å². The van der Waals surface area contributed by atoms with E-state index in [9.17, 15) is 4.79 Å². The summed E-state index contributed by atoms with van der Waals surface area (Å²) in [6.07, 6.45) is 0.867. The molecule has 0 bridgehead atoms. The van der Waals surface area contributed by atoms with Gasteiger partial charge in [-0.3, -0.25) is 0 Å². The lowest BCUT2D eigenvalue weighted by Gasteiger charge is -2.20. The molecule has 0 aliphatic heterocycles. The van der Waals surface area contributed by atoms with E-state index in [1.54, 1.807) is 19.1 Å². The van der Waals surface area contributed by atoms with E-state index in [0.717, 1.165) is 12.0 Å². The number of hydrogen-bond acceptors (Lipinski definition) is 5. The number of carbonyl (C=O) groups excluding carboxylic acids is 1. The van der Waals surface area contributed by atoms with Crippen LogP contribution in [0.25, 0.3) is 11.3 Å². The minimum absolute atomic E-state index is 0.104. The van der Waals surface area contributed by atoms with Crippen LogP contribution in [0.5, 0.6) is 11.5 Å². The van der Waals surface area contributed by atoms with Crippen molar-refractivity contribution in [3.8, 4) is 22.8 Å². The average molecular weight is 347 g/mol. The zero-order valence-corrected chi connectivity index (χ0v) is 15.2. The molecule has 0 saturated heterocycles.